The first kappa shape index (κ1) is 11.4. The highest BCUT2D eigenvalue weighted by atomic mass is 16.1. The van der Waals surface area contributed by atoms with Gasteiger partial charge >= 0.3 is 0 Å². The summed E-state index contributed by atoms with van der Waals surface area (Å²) in [5, 5.41) is 0. The van der Waals surface area contributed by atoms with Gasteiger partial charge in [0.15, 0.2) is 0 Å². The third kappa shape index (κ3) is 3.62. The van der Waals surface area contributed by atoms with Crippen LogP contribution in [0.2, 0.25) is 0 Å². The standard InChI is InChI=1S/C12H21NO/c1-12(2,3)7-6-11(14)9-4-5-10(13)8-9/h4-5,9-10H,6-8,13H2,1-3H3. The molecule has 0 aromatic rings. The van der Waals surface area contributed by atoms with Crippen LogP contribution in [0.15, 0.2) is 12.2 Å². The first-order valence-corrected chi connectivity index (χ1v) is 5.35. The van der Waals surface area contributed by atoms with Gasteiger partial charge in [-0.15, -0.1) is 0 Å². The molecule has 80 valence electrons. The molecule has 0 heterocycles. The second-order valence-corrected chi connectivity index (χ2v) is 5.42. The fourth-order valence-corrected chi connectivity index (χ4v) is 1.65. The average molecular weight is 195 g/mol. The van der Waals surface area contributed by atoms with Gasteiger partial charge in [0, 0.05) is 18.4 Å². The van der Waals surface area contributed by atoms with Crippen molar-refractivity contribution < 1.29 is 4.79 Å². The molecule has 0 saturated carbocycles. The van der Waals surface area contributed by atoms with Gasteiger partial charge in [-0.2, -0.15) is 0 Å². The van der Waals surface area contributed by atoms with E-state index < -0.39 is 0 Å². The van der Waals surface area contributed by atoms with Gasteiger partial charge < -0.3 is 5.73 Å². The molecule has 0 radical (unpaired) electrons. The van der Waals surface area contributed by atoms with Crippen LogP contribution in [-0.2, 0) is 4.79 Å². The van der Waals surface area contributed by atoms with Crippen molar-refractivity contribution in [3.63, 3.8) is 0 Å². The summed E-state index contributed by atoms with van der Waals surface area (Å²) < 4.78 is 0. The fourth-order valence-electron chi connectivity index (χ4n) is 1.65. The number of hydrogen-bond acceptors (Lipinski definition) is 2. The second kappa shape index (κ2) is 4.26. The van der Waals surface area contributed by atoms with E-state index in [9.17, 15) is 4.79 Å². The minimum Gasteiger partial charge on any atom is -0.324 e. The van der Waals surface area contributed by atoms with Crippen LogP contribution in [0.4, 0.5) is 0 Å². The van der Waals surface area contributed by atoms with Gasteiger partial charge in [-0.05, 0) is 18.3 Å². The molecule has 0 aromatic carbocycles. The first-order chi connectivity index (χ1) is 6.38. The Bertz CT molecular complexity index is 237. The molecule has 0 spiro atoms. The van der Waals surface area contributed by atoms with Crippen molar-refractivity contribution in [2.24, 2.45) is 17.1 Å². The van der Waals surface area contributed by atoms with E-state index in [4.69, 9.17) is 5.73 Å². The lowest BCUT2D eigenvalue weighted by Gasteiger charge is -2.18. The summed E-state index contributed by atoms with van der Waals surface area (Å²) in [5.74, 6) is 0.441. The van der Waals surface area contributed by atoms with Crippen molar-refractivity contribution in [1.82, 2.24) is 0 Å². The lowest BCUT2D eigenvalue weighted by Crippen LogP contribution is -2.20. The quantitative estimate of drug-likeness (QED) is 0.702. The molecule has 2 N–H and O–H groups in total. The Balaban J connectivity index is 2.33. The molecule has 0 amide bonds. The summed E-state index contributed by atoms with van der Waals surface area (Å²) in [6.07, 6.45) is 6.37. The zero-order chi connectivity index (χ0) is 10.8. The molecule has 2 heteroatoms. The number of carbonyl (C=O) groups excluding carboxylic acids is 1. The molecule has 1 aliphatic rings. The lowest BCUT2D eigenvalue weighted by molar-refractivity contribution is -0.122. The normalized spacial score (nSPS) is 26.9. The van der Waals surface area contributed by atoms with Crippen LogP contribution in [-0.4, -0.2) is 11.8 Å². The van der Waals surface area contributed by atoms with Crippen LogP contribution in [0, 0.1) is 11.3 Å². The highest BCUT2D eigenvalue weighted by molar-refractivity contribution is 5.83. The SMILES string of the molecule is CC(C)(C)CCC(=O)C1C=CC(N)C1. The largest absolute Gasteiger partial charge is 0.324 e. The van der Waals surface area contributed by atoms with Crippen LogP contribution >= 0.6 is 0 Å². The van der Waals surface area contributed by atoms with E-state index in [1.165, 1.54) is 0 Å². The molecule has 0 bridgehead atoms. The molecule has 0 aromatic heterocycles. The predicted molar refractivity (Wildman–Crippen MR) is 58.9 cm³/mol. The monoisotopic (exact) mass is 195 g/mol. The summed E-state index contributed by atoms with van der Waals surface area (Å²) in [5.41, 5.74) is 5.96. The lowest BCUT2D eigenvalue weighted by atomic mass is 9.87. The van der Waals surface area contributed by atoms with Crippen LogP contribution in [0.5, 0.6) is 0 Å². The van der Waals surface area contributed by atoms with E-state index in [-0.39, 0.29) is 17.4 Å². The molecule has 0 fully saturated rings. The van der Waals surface area contributed by atoms with Gasteiger partial charge in [-0.1, -0.05) is 32.9 Å². The highest BCUT2D eigenvalue weighted by Gasteiger charge is 2.23. The maximum absolute atomic E-state index is 11.7. The van der Waals surface area contributed by atoms with Crippen LogP contribution in [0.25, 0.3) is 0 Å². The maximum Gasteiger partial charge on any atom is 0.139 e. The van der Waals surface area contributed by atoms with E-state index >= 15 is 0 Å². The van der Waals surface area contributed by atoms with Crippen molar-refractivity contribution in [2.75, 3.05) is 0 Å². The summed E-state index contributed by atoms with van der Waals surface area (Å²) >= 11 is 0. The van der Waals surface area contributed by atoms with Crippen molar-refractivity contribution in [3.8, 4) is 0 Å². The Morgan fingerprint density at radius 1 is 1.43 bits per heavy atom. The molecule has 2 atom stereocenters. The topological polar surface area (TPSA) is 43.1 Å². The molecule has 0 saturated heterocycles. The van der Waals surface area contributed by atoms with E-state index in [1.54, 1.807) is 0 Å². The molecule has 1 aliphatic carbocycles. The number of allylic oxidation sites excluding steroid dienone is 1. The molecule has 14 heavy (non-hydrogen) atoms. The second-order valence-electron chi connectivity index (χ2n) is 5.42. The summed E-state index contributed by atoms with van der Waals surface area (Å²) in [6, 6.07) is 0.0959. The number of nitrogens with two attached hydrogens (primary N) is 1. The Labute approximate surface area is 86.6 Å². The van der Waals surface area contributed by atoms with Gasteiger partial charge in [-0.3, -0.25) is 4.79 Å². The van der Waals surface area contributed by atoms with Crippen molar-refractivity contribution in [3.05, 3.63) is 12.2 Å². The third-order valence-corrected chi connectivity index (χ3v) is 2.65. The summed E-state index contributed by atoms with van der Waals surface area (Å²) in [6.45, 7) is 6.49. The molecule has 1 rings (SSSR count). The molecular formula is C12H21NO. The number of Topliss-reactive ketones (excluding diaryl/α,β-unsaturated/α-hetero) is 1. The van der Waals surface area contributed by atoms with Crippen LogP contribution in [0.1, 0.15) is 40.0 Å². The molecule has 2 unspecified atom stereocenters. The maximum atomic E-state index is 11.7. The minimum absolute atomic E-state index is 0.0901. The van der Waals surface area contributed by atoms with Gasteiger partial charge in [0.05, 0.1) is 0 Å². The Kier molecular flexibility index (Phi) is 3.48. The smallest absolute Gasteiger partial charge is 0.139 e. The predicted octanol–water partition coefficient (Wildman–Crippen LogP) is 2.29. The summed E-state index contributed by atoms with van der Waals surface area (Å²) in [7, 11) is 0. The van der Waals surface area contributed by atoms with Crippen LogP contribution in [0.3, 0.4) is 0 Å². The average Bonchev–Trinajstić information content (AvgIpc) is 2.46. The number of ketones is 1. The zero-order valence-electron chi connectivity index (χ0n) is 9.42. The number of rotatable bonds is 3. The minimum atomic E-state index is 0.0901. The molecule has 2 nitrogen and oxygen atoms in total. The highest BCUT2D eigenvalue weighted by Crippen LogP contribution is 2.25. The van der Waals surface area contributed by atoms with E-state index in [0.717, 1.165) is 12.8 Å². The molecule has 0 aliphatic heterocycles. The Morgan fingerprint density at radius 3 is 2.50 bits per heavy atom. The van der Waals surface area contributed by atoms with Crippen molar-refractivity contribution in [1.29, 1.82) is 0 Å². The Morgan fingerprint density at radius 2 is 2.07 bits per heavy atom. The van der Waals surface area contributed by atoms with E-state index in [0.29, 0.717) is 12.2 Å². The van der Waals surface area contributed by atoms with Gasteiger partial charge in [0.1, 0.15) is 5.78 Å². The molecular weight excluding hydrogens is 174 g/mol. The van der Waals surface area contributed by atoms with Crippen LogP contribution < -0.4 is 5.73 Å². The number of hydrogen-bond donors (Lipinski definition) is 1. The fraction of sp³-hybridized carbons (Fsp3) is 0.750. The zero-order valence-corrected chi connectivity index (χ0v) is 9.42. The van der Waals surface area contributed by atoms with E-state index in [1.807, 2.05) is 12.2 Å². The first-order valence-electron chi connectivity index (χ1n) is 5.35. The number of carbonyl (C=O) groups is 1. The van der Waals surface area contributed by atoms with Gasteiger partial charge in [0.2, 0.25) is 0 Å². The van der Waals surface area contributed by atoms with E-state index in [2.05, 4.69) is 20.8 Å². The van der Waals surface area contributed by atoms with Crippen molar-refractivity contribution >= 4 is 5.78 Å². The van der Waals surface area contributed by atoms with Crippen molar-refractivity contribution in [2.45, 2.75) is 46.1 Å². The Hall–Kier alpha value is -0.630. The van der Waals surface area contributed by atoms with Gasteiger partial charge in [-0.25, -0.2) is 0 Å². The van der Waals surface area contributed by atoms with Gasteiger partial charge in [0.25, 0.3) is 0 Å². The third-order valence-electron chi connectivity index (χ3n) is 2.65. The summed E-state index contributed by atoms with van der Waals surface area (Å²) in [4.78, 5) is 11.7.